The predicted molar refractivity (Wildman–Crippen MR) is 68.0 cm³/mol. The van der Waals surface area contributed by atoms with E-state index in [9.17, 15) is 0 Å². The molecule has 5 heteroatoms. The van der Waals surface area contributed by atoms with Gasteiger partial charge in [-0.05, 0) is 46.2 Å². The van der Waals surface area contributed by atoms with E-state index in [1.54, 1.807) is 6.26 Å². The molecule has 0 aromatic carbocycles. The highest BCUT2D eigenvalue weighted by Crippen LogP contribution is 2.33. The van der Waals surface area contributed by atoms with E-state index >= 15 is 0 Å². The quantitative estimate of drug-likeness (QED) is 0.904. The summed E-state index contributed by atoms with van der Waals surface area (Å²) in [6, 6.07) is 1.86. The van der Waals surface area contributed by atoms with Crippen molar-refractivity contribution in [3.63, 3.8) is 0 Å². The second-order valence-electron chi connectivity index (χ2n) is 5.70. The lowest BCUT2D eigenvalue weighted by atomic mass is 9.75. The first kappa shape index (κ1) is 12.8. The van der Waals surface area contributed by atoms with E-state index in [1.807, 2.05) is 40.7 Å². The zero-order chi connectivity index (χ0) is 13.6. The van der Waals surface area contributed by atoms with E-state index in [1.165, 1.54) is 0 Å². The maximum atomic E-state index is 6.15. The highest BCUT2D eigenvalue weighted by atomic mass is 16.5. The molecular weight excluding hydrogens is 230 g/mol. The minimum atomic E-state index is -0.463. The molecule has 2 heterocycles. The second-order valence-corrected chi connectivity index (χ2v) is 5.70. The zero-order valence-corrected chi connectivity index (χ0v) is 11.4. The van der Waals surface area contributed by atoms with Gasteiger partial charge >= 0.3 is 0 Å². The Morgan fingerprint density at radius 1 is 1.22 bits per heavy atom. The highest BCUT2D eigenvalue weighted by molar-refractivity contribution is 5.51. The lowest BCUT2D eigenvalue weighted by Gasteiger charge is -2.34. The van der Waals surface area contributed by atoms with E-state index in [2.05, 4.69) is 10.1 Å². The Kier molecular flexibility index (Phi) is 2.81. The molecule has 0 aliphatic rings. The fourth-order valence-electron chi connectivity index (χ4n) is 1.45. The molecule has 0 amide bonds. The molecule has 2 aromatic rings. The van der Waals surface area contributed by atoms with Gasteiger partial charge in [0.2, 0.25) is 11.7 Å². The van der Waals surface area contributed by atoms with Crippen LogP contribution in [0.1, 0.15) is 39.1 Å². The standard InChI is InChI=1S/C13H19N3O2/c1-8-6-7-17-9(8)10-15-11(18-16-10)12(2,3)13(4,5)14/h6-7H,14H2,1-5H3. The van der Waals surface area contributed by atoms with Crippen molar-refractivity contribution in [2.75, 3.05) is 0 Å². The Bertz CT molecular complexity index is 547. The summed E-state index contributed by atoms with van der Waals surface area (Å²) in [5.41, 5.74) is 6.25. The summed E-state index contributed by atoms with van der Waals surface area (Å²) in [6.07, 6.45) is 1.61. The van der Waals surface area contributed by atoms with E-state index in [-0.39, 0.29) is 0 Å². The van der Waals surface area contributed by atoms with Gasteiger partial charge in [-0.15, -0.1) is 0 Å². The molecule has 0 saturated carbocycles. The molecule has 0 atom stereocenters. The number of hydrogen-bond donors (Lipinski definition) is 1. The van der Waals surface area contributed by atoms with Crippen LogP contribution in [0.2, 0.25) is 0 Å². The predicted octanol–water partition coefficient (Wildman–Crippen LogP) is 2.65. The van der Waals surface area contributed by atoms with Crippen LogP contribution in [0, 0.1) is 6.92 Å². The van der Waals surface area contributed by atoms with Gasteiger partial charge in [-0.25, -0.2) is 0 Å². The van der Waals surface area contributed by atoms with Gasteiger partial charge in [0.05, 0.1) is 11.7 Å². The fourth-order valence-corrected chi connectivity index (χ4v) is 1.45. The lowest BCUT2D eigenvalue weighted by Crippen LogP contribution is -2.50. The number of nitrogens with two attached hydrogens (primary N) is 1. The van der Waals surface area contributed by atoms with Crippen LogP contribution in [-0.2, 0) is 5.41 Å². The fraction of sp³-hybridized carbons (Fsp3) is 0.538. The third-order valence-corrected chi connectivity index (χ3v) is 3.64. The average molecular weight is 249 g/mol. The van der Waals surface area contributed by atoms with Crippen LogP contribution >= 0.6 is 0 Å². The summed E-state index contributed by atoms with van der Waals surface area (Å²) in [7, 11) is 0. The van der Waals surface area contributed by atoms with Gasteiger partial charge in [0, 0.05) is 5.54 Å². The van der Waals surface area contributed by atoms with Crippen LogP contribution in [0.3, 0.4) is 0 Å². The molecule has 2 aromatic heterocycles. The number of hydrogen-bond acceptors (Lipinski definition) is 5. The summed E-state index contributed by atoms with van der Waals surface area (Å²) >= 11 is 0. The summed E-state index contributed by atoms with van der Waals surface area (Å²) in [5.74, 6) is 1.61. The number of aromatic nitrogens is 2. The van der Waals surface area contributed by atoms with Crippen LogP contribution in [0.15, 0.2) is 21.3 Å². The zero-order valence-electron chi connectivity index (χ0n) is 11.4. The molecule has 98 valence electrons. The molecule has 0 saturated heterocycles. The maximum absolute atomic E-state index is 6.15. The number of aryl methyl sites for hydroxylation is 1. The number of furan rings is 1. The Morgan fingerprint density at radius 3 is 2.39 bits per heavy atom. The van der Waals surface area contributed by atoms with Gasteiger partial charge in [0.1, 0.15) is 0 Å². The first-order valence-electron chi connectivity index (χ1n) is 5.91. The van der Waals surface area contributed by atoms with Gasteiger partial charge in [0.25, 0.3) is 0 Å². The van der Waals surface area contributed by atoms with Crippen LogP contribution in [0.4, 0.5) is 0 Å². The van der Waals surface area contributed by atoms with Gasteiger partial charge in [0.15, 0.2) is 5.76 Å². The Balaban J connectivity index is 2.41. The van der Waals surface area contributed by atoms with Crippen LogP contribution in [-0.4, -0.2) is 15.7 Å². The molecule has 2 rings (SSSR count). The minimum Gasteiger partial charge on any atom is -0.461 e. The molecule has 18 heavy (non-hydrogen) atoms. The van der Waals surface area contributed by atoms with Gasteiger partial charge < -0.3 is 14.7 Å². The smallest absolute Gasteiger partial charge is 0.238 e. The van der Waals surface area contributed by atoms with Crippen molar-refractivity contribution in [3.05, 3.63) is 23.8 Å². The minimum absolute atomic E-state index is 0.418. The molecule has 0 radical (unpaired) electrons. The Labute approximate surface area is 106 Å². The first-order chi connectivity index (χ1) is 8.23. The van der Waals surface area contributed by atoms with Crippen molar-refractivity contribution in [2.24, 2.45) is 5.73 Å². The molecule has 0 fully saturated rings. The van der Waals surface area contributed by atoms with Gasteiger partial charge in [-0.1, -0.05) is 5.16 Å². The number of nitrogens with zero attached hydrogens (tertiary/aromatic N) is 2. The van der Waals surface area contributed by atoms with Crippen molar-refractivity contribution in [1.82, 2.24) is 10.1 Å². The molecule has 0 spiro atoms. The molecule has 0 aliphatic heterocycles. The second kappa shape index (κ2) is 3.95. The topological polar surface area (TPSA) is 78.1 Å². The van der Waals surface area contributed by atoms with Crippen molar-refractivity contribution >= 4 is 0 Å². The van der Waals surface area contributed by atoms with E-state index in [4.69, 9.17) is 14.7 Å². The normalized spacial score (nSPS) is 13.0. The van der Waals surface area contributed by atoms with E-state index < -0.39 is 11.0 Å². The molecule has 0 unspecified atom stereocenters. The third-order valence-electron chi connectivity index (χ3n) is 3.64. The highest BCUT2D eigenvalue weighted by Gasteiger charge is 2.40. The first-order valence-corrected chi connectivity index (χ1v) is 5.91. The van der Waals surface area contributed by atoms with E-state index in [0.717, 1.165) is 5.56 Å². The van der Waals surface area contributed by atoms with Crippen LogP contribution < -0.4 is 5.73 Å². The number of rotatable bonds is 3. The van der Waals surface area contributed by atoms with Crippen molar-refractivity contribution < 1.29 is 8.94 Å². The van der Waals surface area contributed by atoms with Gasteiger partial charge in [-0.2, -0.15) is 4.98 Å². The summed E-state index contributed by atoms with van der Waals surface area (Å²) in [5, 5.41) is 3.96. The van der Waals surface area contributed by atoms with Crippen molar-refractivity contribution in [2.45, 2.75) is 45.6 Å². The molecule has 0 bridgehead atoms. The summed E-state index contributed by atoms with van der Waals surface area (Å²) in [6.45, 7) is 9.79. The SMILES string of the molecule is Cc1ccoc1-c1noc(C(C)(C)C(C)(C)N)n1. The van der Waals surface area contributed by atoms with Crippen LogP contribution in [0.5, 0.6) is 0 Å². The molecule has 5 nitrogen and oxygen atoms in total. The Hall–Kier alpha value is -1.62. The van der Waals surface area contributed by atoms with Crippen molar-refractivity contribution in [3.8, 4) is 11.6 Å². The summed E-state index contributed by atoms with van der Waals surface area (Å²) in [4.78, 5) is 4.40. The summed E-state index contributed by atoms with van der Waals surface area (Å²) < 4.78 is 10.7. The average Bonchev–Trinajstić information content (AvgIpc) is 2.83. The molecular formula is C13H19N3O2. The maximum Gasteiger partial charge on any atom is 0.238 e. The third kappa shape index (κ3) is 1.95. The largest absolute Gasteiger partial charge is 0.461 e. The van der Waals surface area contributed by atoms with E-state index in [0.29, 0.717) is 17.5 Å². The van der Waals surface area contributed by atoms with Crippen molar-refractivity contribution in [1.29, 1.82) is 0 Å². The molecule has 2 N–H and O–H groups in total. The monoisotopic (exact) mass is 249 g/mol. The Morgan fingerprint density at radius 2 is 1.89 bits per heavy atom. The molecule has 0 aliphatic carbocycles. The lowest BCUT2D eigenvalue weighted by molar-refractivity contribution is 0.223. The van der Waals surface area contributed by atoms with Crippen LogP contribution in [0.25, 0.3) is 11.6 Å². The van der Waals surface area contributed by atoms with Gasteiger partial charge in [-0.3, -0.25) is 0 Å².